The molecule has 0 spiro atoms. The first-order valence-corrected chi connectivity index (χ1v) is 14.1. The van der Waals surface area contributed by atoms with Gasteiger partial charge in [0.15, 0.2) is 0 Å². The number of hydrogen-bond donors (Lipinski definition) is 1. The van der Waals surface area contributed by atoms with Crippen LogP contribution in [-0.4, -0.2) is 68.0 Å². The highest BCUT2D eigenvalue weighted by molar-refractivity contribution is 5.69. The van der Waals surface area contributed by atoms with Gasteiger partial charge in [-0.2, -0.15) is 5.10 Å². The Morgan fingerprint density at radius 2 is 1.90 bits per heavy atom. The van der Waals surface area contributed by atoms with Gasteiger partial charge in [-0.3, -0.25) is 4.90 Å². The van der Waals surface area contributed by atoms with Gasteiger partial charge in [0.25, 0.3) is 5.78 Å². The molecule has 13 heteroatoms. The van der Waals surface area contributed by atoms with Crippen LogP contribution in [0.1, 0.15) is 75.5 Å². The van der Waals surface area contributed by atoms with E-state index in [0.29, 0.717) is 24.5 Å². The van der Waals surface area contributed by atoms with Gasteiger partial charge in [-0.15, -0.1) is 0 Å². The zero-order valence-corrected chi connectivity index (χ0v) is 24.0. The Bertz CT molecular complexity index is 1390. The number of carbonyl (C=O) groups is 2. The lowest BCUT2D eigenvalue weighted by atomic mass is 9.81. The molecule has 2 fully saturated rings. The first-order chi connectivity index (χ1) is 20.0. The van der Waals surface area contributed by atoms with Gasteiger partial charge in [-0.1, -0.05) is 30.3 Å². The molecule has 1 unspecified atom stereocenters. The largest absolute Gasteiger partial charge is 0.445 e. The van der Waals surface area contributed by atoms with Crippen molar-refractivity contribution >= 4 is 18.0 Å². The minimum Gasteiger partial charge on any atom is -0.445 e. The molecule has 5 rings (SSSR count). The summed E-state index contributed by atoms with van der Waals surface area (Å²) in [7, 11) is 0. The van der Waals surface area contributed by atoms with Crippen LogP contribution in [0.15, 0.2) is 42.7 Å². The van der Waals surface area contributed by atoms with E-state index in [0.717, 1.165) is 5.56 Å². The Balaban J connectivity index is 1.37. The highest BCUT2D eigenvalue weighted by Crippen LogP contribution is 2.41. The van der Waals surface area contributed by atoms with Crippen LogP contribution in [0.3, 0.4) is 0 Å². The molecule has 0 bridgehead atoms. The molecule has 2 atom stereocenters. The van der Waals surface area contributed by atoms with Crippen LogP contribution in [-0.2, 0) is 20.8 Å². The number of benzene rings is 1. The van der Waals surface area contributed by atoms with E-state index in [1.807, 2.05) is 30.3 Å². The van der Waals surface area contributed by atoms with Crippen LogP contribution in [0.5, 0.6) is 0 Å². The average Bonchev–Trinajstić information content (AvgIpc) is 3.38. The number of hydrogen-bond acceptors (Lipinski definition) is 8. The minimum absolute atomic E-state index is 0.0668. The maximum absolute atomic E-state index is 14.0. The van der Waals surface area contributed by atoms with Gasteiger partial charge in [0, 0.05) is 19.4 Å². The van der Waals surface area contributed by atoms with Gasteiger partial charge in [0.05, 0.1) is 43.0 Å². The van der Waals surface area contributed by atoms with Gasteiger partial charge in [0.2, 0.25) is 5.92 Å². The molecule has 1 aliphatic heterocycles. The average molecular weight is 587 g/mol. The first-order valence-electron chi connectivity index (χ1n) is 14.1. The van der Waals surface area contributed by atoms with E-state index in [1.54, 1.807) is 31.9 Å². The molecular formula is C29H36F2N6O5. The number of aromatic nitrogens is 4. The fourth-order valence-electron chi connectivity index (χ4n) is 5.22. The van der Waals surface area contributed by atoms with Crippen LogP contribution in [0.4, 0.5) is 18.4 Å². The van der Waals surface area contributed by atoms with Crippen molar-refractivity contribution in [1.29, 1.82) is 0 Å². The number of ether oxygens (including phenoxy) is 3. The molecule has 2 aromatic heterocycles. The highest BCUT2D eigenvalue weighted by atomic mass is 19.3. The number of carbonyl (C=O) groups excluding carboxylic acids is 2. The second-order valence-electron chi connectivity index (χ2n) is 11.7. The molecule has 226 valence electrons. The van der Waals surface area contributed by atoms with Crippen molar-refractivity contribution < 1.29 is 32.6 Å². The van der Waals surface area contributed by atoms with Crippen LogP contribution in [0.25, 0.3) is 5.78 Å². The number of halogens is 2. The van der Waals surface area contributed by atoms with Crippen molar-refractivity contribution in [3.05, 3.63) is 59.7 Å². The summed E-state index contributed by atoms with van der Waals surface area (Å²) in [5.74, 6) is -2.77. The van der Waals surface area contributed by atoms with E-state index >= 15 is 0 Å². The van der Waals surface area contributed by atoms with E-state index in [2.05, 4.69) is 20.4 Å². The Hall–Kier alpha value is -3.87. The summed E-state index contributed by atoms with van der Waals surface area (Å²) in [4.78, 5) is 36.6. The SMILES string of the molecule is CC(C)(C)OC(=O)N1CCOCC1c1cnn2cc([C@@H](NC(=O)OCc3ccccc3)C3CCC(F)(F)CC3)nc2n1. The third kappa shape index (κ3) is 7.30. The zero-order valence-electron chi connectivity index (χ0n) is 24.0. The Kier molecular flexibility index (Phi) is 8.58. The quantitative estimate of drug-likeness (QED) is 0.417. The third-order valence-corrected chi connectivity index (χ3v) is 7.37. The number of imidazole rings is 1. The number of rotatable bonds is 6. The van der Waals surface area contributed by atoms with Crippen molar-refractivity contribution in [3.8, 4) is 0 Å². The fourth-order valence-corrected chi connectivity index (χ4v) is 5.22. The van der Waals surface area contributed by atoms with Crippen molar-refractivity contribution in [2.24, 2.45) is 5.92 Å². The van der Waals surface area contributed by atoms with Crippen molar-refractivity contribution in [2.75, 3.05) is 19.8 Å². The topological polar surface area (TPSA) is 120 Å². The Morgan fingerprint density at radius 1 is 1.17 bits per heavy atom. The highest BCUT2D eigenvalue weighted by Gasteiger charge is 2.40. The van der Waals surface area contributed by atoms with Crippen LogP contribution in [0.2, 0.25) is 0 Å². The molecule has 2 amide bonds. The number of morpholine rings is 1. The van der Waals surface area contributed by atoms with Crippen molar-refractivity contribution in [2.45, 2.75) is 76.7 Å². The lowest BCUT2D eigenvalue weighted by Gasteiger charge is -2.36. The Labute approximate surface area is 242 Å². The van der Waals surface area contributed by atoms with E-state index in [-0.39, 0.29) is 50.6 Å². The lowest BCUT2D eigenvalue weighted by Crippen LogP contribution is -2.46. The molecule has 0 radical (unpaired) electrons. The second kappa shape index (κ2) is 12.2. The Morgan fingerprint density at radius 3 is 2.62 bits per heavy atom. The lowest BCUT2D eigenvalue weighted by molar-refractivity contribution is -0.0497. The molecule has 1 saturated heterocycles. The summed E-state index contributed by atoms with van der Waals surface area (Å²) >= 11 is 0. The van der Waals surface area contributed by atoms with Gasteiger partial charge in [-0.25, -0.2) is 32.9 Å². The predicted octanol–water partition coefficient (Wildman–Crippen LogP) is 5.23. The number of nitrogens with zero attached hydrogens (tertiary/aromatic N) is 5. The van der Waals surface area contributed by atoms with E-state index in [1.165, 1.54) is 10.7 Å². The van der Waals surface area contributed by atoms with Gasteiger partial charge in [0.1, 0.15) is 18.2 Å². The molecule has 1 aliphatic carbocycles. The molecule has 3 heterocycles. The predicted molar refractivity (Wildman–Crippen MR) is 147 cm³/mol. The monoisotopic (exact) mass is 586 g/mol. The number of alkyl halides is 2. The number of nitrogens with one attached hydrogen (secondary N) is 1. The van der Waals surface area contributed by atoms with E-state index in [4.69, 9.17) is 14.2 Å². The van der Waals surface area contributed by atoms with Crippen molar-refractivity contribution in [1.82, 2.24) is 29.8 Å². The second-order valence-corrected chi connectivity index (χ2v) is 11.7. The maximum Gasteiger partial charge on any atom is 0.411 e. The number of amides is 2. The first kappa shape index (κ1) is 29.6. The molecule has 2 aliphatic rings. The molecule has 1 N–H and O–H groups in total. The number of alkyl carbamates (subject to hydrolysis) is 1. The molecule has 11 nitrogen and oxygen atoms in total. The molecular weight excluding hydrogens is 550 g/mol. The van der Waals surface area contributed by atoms with Gasteiger partial charge >= 0.3 is 12.2 Å². The summed E-state index contributed by atoms with van der Waals surface area (Å²) in [6.07, 6.45) is 1.88. The summed E-state index contributed by atoms with van der Waals surface area (Å²) < 4.78 is 46.1. The molecule has 1 saturated carbocycles. The molecule has 1 aromatic carbocycles. The van der Waals surface area contributed by atoms with Crippen molar-refractivity contribution in [3.63, 3.8) is 0 Å². The normalized spacial score (nSPS) is 20.2. The van der Waals surface area contributed by atoms with Gasteiger partial charge in [-0.05, 0) is 45.1 Å². The molecule has 3 aromatic rings. The summed E-state index contributed by atoms with van der Waals surface area (Å²) in [5.41, 5.74) is 1.06. The number of fused-ring (bicyclic) bond motifs is 1. The summed E-state index contributed by atoms with van der Waals surface area (Å²) in [6, 6.07) is 8.02. The van der Waals surface area contributed by atoms with E-state index in [9.17, 15) is 18.4 Å². The summed E-state index contributed by atoms with van der Waals surface area (Å²) in [6.45, 7) is 6.38. The van der Waals surface area contributed by atoms with Gasteiger partial charge < -0.3 is 19.5 Å². The minimum atomic E-state index is -2.73. The van der Waals surface area contributed by atoms with E-state index < -0.39 is 35.8 Å². The van der Waals surface area contributed by atoms with Crippen LogP contribution >= 0.6 is 0 Å². The van der Waals surface area contributed by atoms with Crippen LogP contribution < -0.4 is 5.32 Å². The zero-order chi connectivity index (χ0) is 29.9. The fraction of sp³-hybridized carbons (Fsp3) is 0.552. The summed E-state index contributed by atoms with van der Waals surface area (Å²) in [5, 5.41) is 7.30. The van der Waals surface area contributed by atoms with Crippen LogP contribution in [0, 0.1) is 5.92 Å². The standard InChI is InChI=1S/C29H36F2N6O5/c1-28(2,3)42-27(39)36-13-14-40-18-23(36)21-15-32-37-16-22(34-25(37)33-21)24(20-9-11-29(30,31)12-10-20)35-26(38)41-17-19-7-5-4-6-8-19/h4-8,15-16,20,23-24H,9-14,17-18H2,1-3H3,(H,35,38)/t23?,24-/m0/s1. The maximum atomic E-state index is 14.0. The third-order valence-electron chi connectivity index (χ3n) is 7.37. The molecule has 42 heavy (non-hydrogen) atoms. The smallest absolute Gasteiger partial charge is 0.411 e.